The fraction of sp³-hybridized carbons (Fsp3) is 0.500. The van der Waals surface area contributed by atoms with Gasteiger partial charge in [0.1, 0.15) is 5.82 Å². The molecule has 1 saturated heterocycles. The average molecular weight is 336 g/mol. The number of anilines is 1. The predicted molar refractivity (Wildman–Crippen MR) is 85.8 cm³/mol. The predicted octanol–water partition coefficient (Wildman–Crippen LogP) is 2.52. The molecule has 0 aromatic heterocycles. The van der Waals surface area contributed by atoms with Gasteiger partial charge in [-0.05, 0) is 44.6 Å². The van der Waals surface area contributed by atoms with Crippen molar-refractivity contribution in [3.05, 3.63) is 29.0 Å². The maximum atomic E-state index is 13.5. The van der Waals surface area contributed by atoms with Gasteiger partial charge >= 0.3 is 0 Å². The summed E-state index contributed by atoms with van der Waals surface area (Å²) in [5.41, 5.74) is 0.129. The SMILES string of the molecule is CNC1CCCN(CC(=O)Nc2cc(Cl)ccc2F)C1.Cl. The van der Waals surface area contributed by atoms with E-state index >= 15 is 0 Å². The van der Waals surface area contributed by atoms with Crippen LogP contribution in [0.25, 0.3) is 0 Å². The number of likely N-dealkylation sites (tertiary alicyclic amines) is 1. The third kappa shape index (κ3) is 5.43. The van der Waals surface area contributed by atoms with Gasteiger partial charge in [-0.2, -0.15) is 0 Å². The Kier molecular flexibility index (Phi) is 7.39. The zero-order valence-corrected chi connectivity index (χ0v) is 13.4. The number of carbonyl (C=O) groups is 1. The molecule has 1 heterocycles. The highest BCUT2D eigenvalue weighted by Crippen LogP contribution is 2.19. The highest BCUT2D eigenvalue weighted by molar-refractivity contribution is 6.30. The van der Waals surface area contributed by atoms with Gasteiger partial charge in [0.05, 0.1) is 12.2 Å². The highest BCUT2D eigenvalue weighted by atomic mass is 35.5. The molecule has 21 heavy (non-hydrogen) atoms. The maximum absolute atomic E-state index is 13.5. The van der Waals surface area contributed by atoms with Crippen LogP contribution in [0.4, 0.5) is 10.1 Å². The fourth-order valence-electron chi connectivity index (χ4n) is 2.42. The van der Waals surface area contributed by atoms with E-state index in [2.05, 4.69) is 15.5 Å². The summed E-state index contributed by atoms with van der Waals surface area (Å²) in [7, 11) is 1.93. The Morgan fingerprint density at radius 3 is 3.00 bits per heavy atom. The summed E-state index contributed by atoms with van der Waals surface area (Å²) in [6.45, 7) is 2.00. The van der Waals surface area contributed by atoms with E-state index in [-0.39, 0.29) is 30.5 Å². The Hall–Kier alpha value is -0.880. The van der Waals surface area contributed by atoms with Gasteiger partial charge in [-0.15, -0.1) is 12.4 Å². The number of nitrogens with zero attached hydrogens (tertiary/aromatic N) is 1. The van der Waals surface area contributed by atoms with Gasteiger partial charge in [0.2, 0.25) is 5.91 Å². The van der Waals surface area contributed by atoms with E-state index in [4.69, 9.17) is 11.6 Å². The number of carbonyl (C=O) groups excluding carboxylic acids is 1. The third-order valence-electron chi connectivity index (χ3n) is 3.48. The highest BCUT2D eigenvalue weighted by Gasteiger charge is 2.20. The summed E-state index contributed by atoms with van der Waals surface area (Å²) in [6.07, 6.45) is 2.18. The first-order valence-electron chi connectivity index (χ1n) is 6.73. The quantitative estimate of drug-likeness (QED) is 0.888. The Morgan fingerprint density at radius 1 is 1.52 bits per heavy atom. The number of benzene rings is 1. The van der Waals surface area contributed by atoms with E-state index in [1.54, 1.807) is 0 Å². The first-order valence-corrected chi connectivity index (χ1v) is 7.11. The van der Waals surface area contributed by atoms with E-state index in [1.807, 2.05) is 7.05 Å². The Morgan fingerprint density at radius 2 is 2.29 bits per heavy atom. The second kappa shape index (κ2) is 8.54. The average Bonchev–Trinajstić information content (AvgIpc) is 2.43. The fourth-order valence-corrected chi connectivity index (χ4v) is 2.59. The molecule has 0 saturated carbocycles. The van der Waals surface area contributed by atoms with Crippen molar-refractivity contribution in [3.63, 3.8) is 0 Å². The number of likely N-dealkylation sites (N-methyl/N-ethyl adjacent to an activating group) is 1. The molecule has 0 aliphatic carbocycles. The lowest BCUT2D eigenvalue weighted by Gasteiger charge is -2.31. The van der Waals surface area contributed by atoms with Gasteiger partial charge < -0.3 is 10.6 Å². The third-order valence-corrected chi connectivity index (χ3v) is 3.72. The molecule has 0 radical (unpaired) electrons. The van der Waals surface area contributed by atoms with E-state index in [0.717, 1.165) is 25.9 Å². The number of halogens is 3. The van der Waals surface area contributed by atoms with Gasteiger partial charge in [0.25, 0.3) is 0 Å². The normalized spacial score (nSPS) is 18.9. The van der Waals surface area contributed by atoms with Gasteiger partial charge in [-0.25, -0.2) is 4.39 Å². The topological polar surface area (TPSA) is 44.4 Å². The molecule has 0 bridgehead atoms. The number of hydrogen-bond donors (Lipinski definition) is 2. The molecular formula is C14H20Cl2FN3O. The standard InChI is InChI=1S/C14H19ClFN3O.ClH/c1-17-11-3-2-6-19(8-11)9-14(20)18-13-7-10(15)4-5-12(13)16;/h4-5,7,11,17H,2-3,6,8-9H2,1H3,(H,18,20);1H. The molecule has 1 atom stereocenters. The van der Waals surface area contributed by atoms with Gasteiger partial charge in [0.15, 0.2) is 0 Å². The first-order chi connectivity index (χ1) is 9.58. The minimum absolute atomic E-state index is 0. The zero-order valence-electron chi connectivity index (χ0n) is 11.9. The molecule has 4 nitrogen and oxygen atoms in total. The summed E-state index contributed by atoms with van der Waals surface area (Å²) >= 11 is 5.79. The minimum Gasteiger partial charge on any atom is -0.322 e. The molecule has 1 aromatic carbocycles. The van der Waals surface area contributed by atoms with E-state index in [0.29, 0.717) is 11.1 Å². The first kappa shape index (κ1) is 18.2. The number of rotatable bonds is 4. The van der Waals surface area contributed by atoms with Crippen molar-refractivity contribution >= 4 is 35.6 Å². The molecule has 1 aromatic rings. The second-order valence-corrected chi connectivity index (χ2v) is 5.47. The van der Waals surface area contributed by atoms with Crippen molar-refractivity contribution in [2.24, 2.45) is 0 Å². The van der Waals surface area contributed by atoms with Crippen LogP contribution >= 0.6 is 24.0 Å². The van der Waals surface area contributed by atoms with Crippen LogP contribution < -0.4 is 10.6 Å². The monoisotopic (exact) mass is 335 g/mol. The molecule has 118 valence electrons. The van der Waals surface area contributed by atoms with Crippen LogP contribution in [0.3, 0.4) is 0 Å². The van der Waals surface area contributed by atoms with Gasteiger partial charge in [0, 0.05) is 17.6 Å². The molecule has 1 unspecified atom stereocenters. The van der Waals surface area contributed by atoms with Crippen LogP contribution in [0.15, 0.2) is 18.2 Å². The van der Waals surface area contributed by atoms with Crippen molar-refractivity contribution in [2.45, 2.75) is 18.9 Å². The molecule has 1 fully saturated rings. The van der Waals surface area contributed by atoms with Crippen molar-refractivity contribution in [1.82, 2.24) is 10.2 Å². The lowest BCUT2D eigenvalue weighted by Crippen LogP contribution is -2.46. The number of nitrogens with one attached hydrogen (secondary N) is 2. The molecule has 1 amide bonds. The van der Waals surface area contributed by atoms with Gasteiger partial charge in [-0.1, -0.05) is 11.6 Å². The summed E-state index contributed by atoms with van der Waals surface area (Å²) < 4.78 is 13.5. The number of piperidine rings is 1. The van der Waals surface area contributed by atoms with Crippen LogP contribution in [-0.2, 0) is 4.79 Å². The molecule has 0 spiro atoms. The smallest absolute Gasteiger partial charge is 0.238 e. The molecule has 1 aliphatic heterocycles. The molecule has 2 rings (SSSR count). The Labute approximate surface area is 135 Å². The maximum Gasteiger partial charge on any atom is 0.238 e. The molecule has 7 heteroatoms. The van der Waals surface area contributed by atoms with Crippen molar-refractivity contribution in [2.75, 3.05) is 32.0 Å². The number of amides is 1. The van der Waals surface area contributed by atoms with Crippen LogP contribution in [-0.4, -0.2) is 43.5 Å². The molecule has 2 N–H and O–H groups in total. The van der Waals surface area contributed by atoms with Crippen LogP contribution in [0.1, 0.15) is 12.8 Å². The minimum atomic E-state index is -0.477. The summed E-state index contributed by atoms with van der Waals surface area (Å²) in [4.78, 5) is 14.0. The van der Waals surface area contributed by atoms with Crippen LogP contribution in [0, 0.1) is 5.82 Å². The summed E-state index contributed by atoms with van der Waals surface area (Å²) in [5, 5.41) is 6.19. The number of hydrogen-bond acceptors (Lipinski definition) is 3. The van der Waals surface area contributed by atoms with Crippen LogP contribution in [0.5, 0.6) is 0 Å². The Balaban J connectivity index is 0.00000220. The van der Waals surface area contributed by atoms with E-state index in [9.17, 15) is 9.18 Å². The lowest BCUT2D eigenvalue weighted by atomic mass is 10.1. The van der Waals surface area contributed by atoms with Crippen molar-refractivity contribution < 1.29 is 9.18 Å². The largest absolute Gasteiger partial charge is 0.322 e. The summed E-state index contributed by atoms with van der Waals surface area (Å²) in [5.74, 6) is -0.697. The molecular weight excluding hydrogens is 316 g/mol. The van der Waals surface area contributed by atoms with E-state index in [1.165, 1.54) is 18.2 Å². The second-order valence-electron chi connectivity index (χ2n) is 5.04. The lowest BCUT2D eigenvalue weighted by molar-refractivity contribution is -0.117. The zero-order chi connectivity index (χ0) is 14.5. The Bertz CT molecular complexity index is 487. The van der Waals surface area contributed by atoms with Crippen molar-refractivity contribution in [3.8, 4) is 0 Å². The van der Waals surface area contributed by atoms with Crippen LogP contribution in [0.2, 0.25) is 5.02 Å². The van der Waals surface area contributed by atoms with E-state index < -0.39 is 5.82 Å². The van der Waals surface area contributed by atoms with Gasteiger partial charge in [-0.3, -0.25) is 9.69 Å². The molecule has 1 aliphatic rings. The summed E-state index contributed by atoms with van der Waals surface area (Å²) in [6, 6.07) is 4.53. The van der Waals surface area contributed by atoms with Crippen molar-refractivity contribution in [1.29, 1.82) is 0 Å².